The highest BCUT2D eigenvalue weighted by Crippen LogP contribution is 2.19. The number of hydrogen-bond acceptors (Lipinski definition) is 4. The smallest absolute Gasteiger partial charge is 0.322 e. The highest BCUT2D eigenvalue weighted by atomic mass is 19.1. The fourth-order valence-corrected chi connectivity index (χ4v) is 3.18. The van der Waals surface area contributed by atoms with Crippen molar-refractivity contribution in [2.75, 3.05) is 10.6 Å². The molecule has 0 bridgehead atoms. The molecule has 4 rings (SSSR count). The van der Waals surface area contributed by atoms with Crippen LogP contribution in [0.1, 0.15) is 28.9 Å². The van der Waals surface area contributed by atoms with Gasteiger partial charge in [-0.3, -0.25) is 9.78 Å². The van der Waals surface area contributed by atoms with Crippen LogP contribution in [-0.2, 0) is 0 Å². The minimum Gasteiger partial charge on any atom is -0.322 e. The van der Waals surface area contributed by atoms with E-state index in [0.717, 1.165) is 5.69 Å². The minimum atomic E-state index is -0.568. The highest BCUT2D eigenvalue weighted by Gasteiger charge is 2.13. The molecule has 8 nitrogen and oxygen atoms in total. The van der Waals surface area contributed by atoms with Gasteiger partial charge in [-0.25, -0.2) is 13.9 Å². The lowest BCUT2D eigenvalue weighted by molar-refractivity contribution is 0.102. The second-order valence-corrected chi connectivity index (χ2v) is 7.20. The molecule has 1 aromatic carbocycles. The molecule has 0 saturated carbocycles. The van der Waals surface area contributed by atoms with Crippen LogP contribution in [-0.4, -0.2) is 26.7 Å². The molecule has 1 aliphatic carbocycles. The number of nitrogens with zero attached hydrogens (tertiary/aromatic N) is 3. The molecule has 0 spiro atoms. The maximum Gasteiger partial charge on any atom is 0.323 e. The number of urea groups is 1. The summed E-state index contributed by atoms with van der Waals surface area (Å²) in [6.45, 7) is 1.85. The zero-order chi connectivity index (χ0) is 22.5. The first-order valence-corrected chi connectivity index (χ1v) is 10.0. The summed E-state index contributed by atoms with van der Waals surface area (Å²) in [6, 6.07) is 9.85. The van der Waals surface area contributed by atoms with E-state index in [4.69, 9.17) is 0 Å². The third-order valence-electron chi connectivity index (χ3n) is 4.72. The molecular weight excluding hydrogens is 411 g/mol. The van der Waals surface area contributed by atoms with Gasteiger partial charge >= 0.3 is 6.03 Å². The van der Waals surface area contributed by atoms with Crippen molar-refractivity contribution in [3.05, 3.63) is 89.9 Å². The molecule has 0 atom stereocenters. The van der Waals surface area contributed by atoms with Crippen LogP contribution < -0.4 is 16.0 Å². The van der Waals surface area contributed by atoms with Crippen LogP contribution in [0.3, 0.4) is 0 Å². The zero-order valence-electron chi connectivity index (χ0n) is 17.3. The van der Waals surface area contributed by atoms with E-state index in [1.807, 2.05) is 6.92 Å². The van der Waals surface area contributed by atoms with Gasteiger partial charge in [0.1, 0.15) is 5.83 Å². The first-order valence-electron chi connectivity index (χ1n) is 10.0. The van der Waals surface area contributed by atoms with Gasteiger partial charge in [-0.05, 0) is 49.8 Å². The number of allylic oxidation sites excluding steroid dienone is 3. The van der Waals surface area contributed by atoms with Crippen molar-refractivity contribution in [2.45, 2.75) is 19.8 Å². The van der Waals surface area contributed by atoms with Crippen molar-refractivity contribution >= 4 is 23.3 Å². The normalized spacial score (nSPS) is 13.1. The van der Waals surface area contributed by atoms with Crippen LogP contribution in [0.5, 0.6) is 0 Å². The van der Waals surface area contributed by atoms with Gasteiger partial charge < -0.3 is 16.0 Å². The lowest BCUT2D eigenvalue weighted by Crippen LogP contribution is -2.28. The molecule has 162 valence electrons. The van der Waals surface area contributed by atoms with E-state index in [2.05, 4.69) is 26.0 Å². The van der Waals surface area contributed by atoms with Crippen molar-refractivity contribution in [3.8, 4) is 5.69 Å². The molecule has 0 saturated heterocycles. The topological polar surface area (TPSA) is 101 Å². The summed E-state index contributed by atoms with van der Waals surface area (Å²) in [5, 5.41) is 12.2. The van der Waals surface area contributed by atoms with Crippen LogP contribution >= 0.6 is 0 Å². The van der Waals surface area contributed by atoms with Crippen LogP contribution in [0.15, 0.2) is 78.7 Å². The van der Waals surface area contributed by atoms with Crippen LogP contribution in [0.4, 0.5) is 20.6 Å². The molecule has 0 unspecified atom stereocenters. The average Bonchev–Trinajstić information content (AvgIpc) is 3.24. The molecule has 32 heavy (non-hydrogen) atoms. The summed E-state index contributed by atoms with van der Waals surface area (Å²) in [7, 11) is 0. The average molecular weight is 432 g/mol. The molecule has 0 aliphatic heterocycles. The fraction of sp³-hybridized carbons (Fsp3) is 0.130. The SMILES string of the molecule is Cc1cc(NC(=O)c2cccc(-n3cc(NC(=O)NC4=C(F)CCC=C4)cn3)c2)ccn1. The maximum atomic E-state index is 13.8. The Labute approximate surface area is 183 Å². The molecule has 0 fully saturated rings. The first-order chi connectivity index (χ1) is 15.5. The van der Waals surface area contributed by atoms with Gasteiger partial charge in [-0.15, -0.1) is 0 Å². The lowest BCUT2D eigenvalue weighted by Gasteiger charge is -2.11. The number of benzene rings is 1. The van der Waals surface area contributed by atoms with Crippen LogP contribution in [0.25, 0.3) is 5.69 Å². The maximum absolute atomic E-state index is 13.8. The van der Waals surface area contributed by atoms with Gasteiger partial charge in [-0.1, -0.05) is 12.1 Å². The number of carbonyl (C=O) groups excluding carboxylic acids is 2. The Bertz CT molecular complexity index is 1230. The Morgan fingerprint density at radius 1 is 1.09 bits per heavy atom. The zero-order valence-corrected chi connectivity index (χ0v) is 17.3. The molecule has 1 aliphatic rings. The van der Waals surface area contributed by atoms with Crippen molar-refractivity contribution in [1.82, 2.24) is 20.1 Å². The van der Waals surface area contributed by atoms with Gasteiger partial charge in [0.05, 0.1) is 29.5 Å². The molecule has 9 heteroatoms. The second kappa shape index (κ2) is 9.25. The van der Waals surface area contributed by atoms with Crippen LogP contribution in [0, 0.1) is 6.92 Å². The number of amides is 3. The predicted molar refractivity (Wildman–Crippen MR) is 119 cm³/mol. The Kier molecular flexibility index (Phi) is 6.07. The van der Waals surface area contributed by atoms with Crippen molar-refractivity contribution in [2.24, 2.45) is 0 Å². The van der Waals surface area contributed by atoms with Gasteiger partial charge in [0.25, 0.3) is 5.91 Å². The first kappa shape index (κ1) is 21.0. The van der Waals surface area contributed by atoms with Crippen molar-refractivity contribution in [1.29, 1.82) is 0 Å². The number of hydrogen-bond donors (Lipinski definition) is 3. The van der Waals surface area contributed by atoms with E-state index in [1.54, 1.807) is 60.9 Å². The highest BCUT2D eigenvalue weighted by molar-refractivity contribution is 6.04. The molecule has 3 amide bonds. The van der Waals surface area contributed by atoms with Crippen molar-refractivity contribution in [3.63, 3.8) is 0 Å². The minimum absolute atomic E-state index is 0.157. The number of aromatic nitrogens is 3. The molecule has 2 aromatic heterocycles. The van der Waals surface area contributed by atoms with Gasteiger partial charge in [0.2, 0.25) is 0 Å². The molecular formula is C23H21FN6O2. The van der Waals surface area contributed by atoms with E-state index in [-0.39, 0.29) is 23.9 Å². The molecule has 3 N–H and O–H groups in total. The van der Waals surface area contributed by atoms with E-state index < -0.39 is 6.03 Å². The number of rotatable bonds is 5. The number of carbonyl (C=O) groups is 2. The predicted octanol–water partition coefficient (Wildman–Crippen LogP) is 4.48. The van der Waals surface area contributed by atoms with Gasteiger partial charge in [0, 0.05) is 29.6 Å². The number of aryl methyl sites for hydroxylation is 1. The molecule has 0 radical (unpaired) electrons. The van der Waals surface area contributed by atoms with Gasteiger partial charge in [-0.2, -0.15) is 5.10 Å². The molecule has 2 heterocycles. The Balaban J connectivity index is 1.43. The quantitative estimate of drug-likeness (QED) is 0.553. The number of halogens is 1. The summed E-state index contributed by atoms with van der Waals surface area (Å²) in [5.74, 6) is -0.617. The third-order valence-corrected chi connectivity index (χ3v) is 4.72. The number of pyridine rings is 1. The van der Waals surface area contributed by atoms with Crippen LogP contribution in [0.2, 0.25) is 0 Å². The summed E-state index contributed by atoms with van der Waals surface area (Å²) >= 11 is 0. The number of nitrogens with one attached hydrogen (secondary N) is 3. The second-order valence-electron chi connectivity index (χ2n) is 7.20. The van der Waals surface area contributed by atoms with E-state index in [9.17, 15) is 14.0 Å². The standard InChI is InChI=1S/C23H21FN6O2/c1-15-11-17(9-10-25-15)27-22(31)16-5-4-6-19(12-16)30-14-18(13-26-30)28-23(32)29-21-8-3-2-7-20(21)24/h3-6,8-14H,2,7H2,1H3,(H,25,27,31)(H2,28,29,32). The monoisotopic (exact) mass is 432 g/mol. The third kappa shape index (κ3) is 5.07. The van der Waals surface area contributed by atoms with Gasteiger partial charge in [0.15, 0.2) is 0 Å². The van der Waals surface area contributed by atoms with E-state index in [0.29, 0.717) is 29.0 Å². The summed E-state index contributed by atoms with van der Waals surface area (Å²) < 4.78 is 15.3. The largest absolute Gasteiger partial charge is 0.323 e. The summed E-state index contributed by atoms with van der Waals surface area (Å²) in [6.07, 6.45) is 8.93. The van der Waals surface area contributed by atoms with Crippen molar-refractivity contribution < 1.29 is 14.0 Å². The number of anilines is 2. The summed E-state index contributed by atoms with van der Waals surface area (Å²) in [5.41, 5.74) is 3.13. The molecule has 3 aromatic rings. The Morgan fingerprint density at radius 3 is 2.78 bits per heavy atom. The Morgan fingerprint density at radius 2 is 1.97 bits per heavy atom. The lowest BCUT2D eigenvalue weighted by atomic mass is 10.1. The Hall–Kier alpha value is -4.27. The van der Waals surface area contributed by atoms with E-state index in [1.165, 1.54) is 10.9 Å². The summed E-state index contributed by atoms with van der Waals surface area (Å²) in [4.78, 5) is 28.9. The van der Waals surface area contributed by atoms with E-state index >= 15 is 0 Å². The fourth-order valence-electron chi connectivity index (χ4n) is 3.18.